The quantitative estimate of drug-likeness (QED) is 0.538. The maximum Gasteiger partial charge on any atom is 0.257 e. The zero-order valence-electron chi connectivity index (χ0n) is 17.8. The highest BCUT2D eigenvalue weighted by molar-refractivity contribution is 7.92. The highest BCUT2D eigenvalue weighted by atomic mass is 32.2. The molecule has 0 saturated carbocycles. The predicted molar refractivity (Wildman–Crippen MR) is 127 cm³/mol. The summed E-state index contributed by atoms with van der Waals surface area (Å²) in [6.45, 7) is 0. The Morgan fingerprint density at radius 3 is 2.21 bits per heavy atom. The summed E-state index contributed by atoms with van der Waals surface area (Å²) in [6, 6.07) is 13.1. The Morgan fingerprint density at radius 2 is 1.64 bits per heavy atom. The van der Waals surface area contributed by atoms with Gasteiger partial charge in [0.05, 0.1) is 23.3 Å². The van der Waals surface area contributed by atoms with Crippen LogP contribution in [-0.4, -0.2) is 44.4 Å². The fourth-order valence-corrected chi connectivity index (χ4v) is 4.51. The Labute approximate surface area is 194 Å². The van der Waals surface area contributed by atoms with Crippen LogP contribution in [0.25, 0.3) is 11.3 Å². The lowest BCUT2D eigenvalue weighted by Crippen LogP contribution is -2.28. The molecule has 1 aliphatic heterocycles. The Kier molecular flexibility index (Phi) is 6.00. The standard InChI is InChI=1S/C22H20N4O5S2/c1-25(33(2,30)31)16-7-3-14(4-8-16)18-13-32-22(23-18)24-21(29)15-5-9-17(10-6-15)26-19(27)11-12-20(26)28/h3-10,13H,11-12H2,1-2H3,(H,23,24,29). The molecule has 4 rings (SSSR count). The normalized spacial score (nSPS) is 13.9. The van der Waals surface area contributed by atoms with E-state index in [-0.39, 0.29) is 30.6 Å². The summed E-state index contributed by atoms with van der Waals surface area (Å²) < 4.78 is 24.5. The Morgan fingerprint density at radius 1 is 1.03 bits per heavy atom. The Hall–Kier alpha value is -3.57. The second kappa shape index (κ2) is 8.75. The monoisotopic (exact) mass is 484 g/mol. The first-order valence-electron chi connectivity index (χ1n) is 9.90. The molecule has 9 nitrogen and oxygen atoms in total. The molecular weight excluding hydrogens is 464 g/mol. The van der Waals surface area contributed by atoms with E-state index in [2.05, 4.69) is 10.3 Å². The van der Waals surface area contributed by atoms with E-state index >= 15 is 0 Å². The lowest BCUT2D eigenvalue weighted by atomic mass is 10.1. The van der Waals surface area contributed by atoms with Gasteiger partial charge in [0.1, 0.15) is 0 Å². The maximum atomic E-state index is 12.6. The number of hydrogen-bond acceptors (Lipinski definition) is 7. The summed E-state index contributed by atoms with van der Waals surface area (Å²) in [6.07, 6.45) is 1.53. The number of thiazole rings is 1. The summed E-state index contributed by atoms with van der Waals surface area (Å²) in [5, 5.41) is 4.93. The van der Waals surface area contributed by atoms with Gasteiger partial charge in [-0.2, -0.15) is 0 Å². The van der Waals surface area contributed by atoms with Crippen LogP contribution in [0.3, 0.4) is 0 Å². The van der Waals surface area contributed by atoms with Crippen LogP contribution in [-0.2, 0) is 19.6 Å². The van der Waals surface area contributed by atoms with Gasteiger partial charge in [0, 0.05) is 36.4 Å². The molecule has 0 spiro atoms. The lowest BCUT2D eigenvalue weighted by molar-refractivity contribution is -0.121. The summed E-state index contributed by atoms with van der Waals surface area (Å²) in [5.74, 6) is -0.862. The van der Waals surface area contributed by atoms with E-state index < -0.39 is 10.0 Å². The van der Waals surface area contributed by atoms with Gasteiger partial charge in [-0.3, -0.25) is 28.9 Å². The van der Waals surface area contributed by atoms with E-state index in [1.165, 1.54) is 22.7 Å². The van der Waals surface area contributed by atoms with Crippen LogP contribution in [0.15, 0.2) is 53.9 Å². The molecule has 0 bridgehead atoms. The summed E-state index contributed by atoms with van der Waals surface area (Å²) >= 11 is 1.26. The molecule has 2 aromatic carbocycles. The minimum atomic E-state index is -3.35. The molecule has 1 N–H and O–H groups in total. The molecule has 1 aliphatic rings. The van der Waals surface area contributed by atoms with Crippen molar-refractivity contribution in [2.75, 3.05) is 27.8 Å². The fourth-order valence-electron chi connectivity index (χ4n) is 3.29. The third-order valence-corrected chi connectivity index (χ3v) is 7.15. The van der Waals surface area contributed by atoms with E-state index in [9.17, 15) is 22.8 Å². The molecule has 0 unspecified atom stereocenters. The van der Waals surface area contributed by atoms with Crippen LogP contribution in [0.1, 0.15) is 23.2 Å². The predicted octanol–water partition coefficient (Wildman–Crippen LogP) is 3.11. The van der Waals surface area contributed by atoms with Crippen molar-refractivity contribution in [3.63, 3.8) is 0 Å². The first kappa shape index (κ1) is 22.6. The lowest BCUT2D eigenvalue weighted by Gasteiger charge is -2.16. The third-order valence-electron chi connectivity index (χ3n) is 5.19. The van der Waals surface area contributed by atoms with Gasteiger partial charge in [-0.05, 0) is 36.4 Å². The molecule has 3 aromatic rings. The molecule has 3 amide bonds. The molecule has 0 aliphatic carbocycles. The van der Waals surface area contributed by atoms with E-state index in [1.807, 2.05) is 0 Å². The average molecular weight is 485 g/mol. The summed E-state index contributed by atoms with van der Waals surface area (Å²) in [4.78, 5) is 41.8. The van der Waals surface area contributed by atoms with Gasteiger partial charge in [0.15, 0.2) is 5.13 Å². The molecule has 1 fully saturated rings. The van der Waals surface area contributed by atoms with Crippen LogP contribution in [0.4, 0.5) is 16.5 Å². The molecule has 1 aromatic heterocycles. The van der Waals surface area contributed by atoms with Crippen molar-refractivity contribution < 1.29 is 22.8 Å². The van der Waals surface area contributed by atoms with Crippen LogP contribution >= 0.6 is 11.3 Å². The molecule has 170 valence electrons. The van der Waals surface area contributed by atoms with E-state index in [4.69, 9.17) is 0 Å². The number of nitrogens with one attached hydrogen (secondary N) is 1. The van der Waals surface area contributed by atoms with Crippen molar-refractivity contribution in [1.29, 1.82) is 0 Å². The van der Waals surface area contributed by atoms with Crippen molar-refractivity contribution in [1.82, 2.24) is 4.98 Å². The first-order valence-corrected chi connectivity index (χ1v) is 12.6. The maximum absolute atomic E-state index is 12.6. The number of nitrogens with zero attached hydrogens (tertiary/aromatic N) is 3. The molecule has 1 saturated heterocycles. The van der Waals surface area contributed by atoms with Crippen LogP contribution in [0.2, 0.25) is 0 Å². The fraction of sp³-hybridized carbons (Fsp3) is 0.182. The number of hydrogen-bond donors (Lipinski definition) is 1. The minimum absolute atomic E-state index is 0.199. The number of aromatic nitrogens is 1. The number of carbonyl (C=O) groups is 3. The zero-order valence-corrected chi connectivity index (χ0v) is 19.4. The van der Waals surface area contributed by atoms with Crippen molar-refractivity contribution in [3.8, 4) is 11.3 Å². The van der Waals surface area contributed by atoms with Crippen molar-refractivity contribution >= 4 is 55.6 Å². The van der Waals surface area contributed by atoms with Gasteiger partial charge in [-0.15, -0.1) is 11.3 Å². The third kappa shape index (κ3) is 4.78. The SMILES string of the molecule is CN(c1ccc(-c2csc(NC(=O)c3ccc(N4C(=O)CCC4=O)cc3)n2)cc1)S(C)(=O)=O. The molecular formula is C22H20N4O5S2. The van der Waals surface area contributed by atoms with Crippen molar-refractivity contribution in [2.24, 2.45) is 0 Å². The second-order valence-corrected chi connectivity index (χ2v) is 10.3. The van der Waals surface area contributed by atoms with Gasteiger partial charge in [-0.25, -0.2) is 13.4 Å². The van der Waals surface area contributed by atoms with E-state index in [0.29, 0.717) is 27.8 Å². The number of anilines is 3. The van der Waals surface area contributed by atoms with Gasteiger partial charge in [0.2, 0.25) is 21.8 Å². The Balaban J connectivity index is 1.44. The number of rotatable bonds is 6. The number of benzene rings is 2. The zero-order chi connectivity index (χ0) is 23.8. The van der Waals surface area contributed by atoms with E-state index in [0.717, 1.165) is 16.7 Å². The minimum Gasteiger partial charge on any atom is -0.298 e. The highest BCUT2D eigenvalue weighted by Gasteiger charge is 2.30. The number of carbonyl (C=O) groups excluding carboxylic acids is 3. The van der Waals surface area contributed by atoms with Gasteiger partial charge >= 0.3 is 0 Å². The van der Waals surface area contributed by atoms with Gasteiger partial charge in [0.25, 0.3) is 5.91 Å². The molecule has 0 atom stereocenters. The number of amides is 3. The average Bonchev–Trinajstić information content (AvgIpc) is 3.39. The van der Waals surface area contributed by atoms with Crippen LogP contribution in [0.5, 0.6) is 0 Å². The molecule has 2 heterocycles. The molecule has 11 heteroatoms. The number of imide groups is 1. The Bertz CT molecular complexity index is 1320. The van der Waals surface area contributed by atoms with Crippen LogP contribution < -0.4 is 14.5 Å². The summed E-state index contributed by atoms with van der Waals surface area (Å²) in [7, 11) is -1.87. The van der Waals surface area contributed by atoms with Gasteiger partial charge in [-0.1, -0.05) is 12.1 Å². The molecule has 33 heavy (non-hydrogen) atoms. The smallest absolute Gasteiger partial charge is 0.257 e. The number of sulfonamides is 1. The van der Waals surface area contributed by atoms with Crippen LogP contribution in [0, 0.1) is 0 Å². The summed E-state index contributed by atoms with van der Waals surface area (Å²) in [5.41, 5.74) is 2.76. The molecule has 0 radical (unpaired) electrons. The second-order valence-electron chi connectivity index (χ2n) is 7.44. The van der Waals surface area contributed by atoms with E-state index in [1.54, 1.807) is 53.9 Å². The topological polar surface area (TPSA) is 117 Å². The van der Waals surface area contributed by atoms with Gasteiger partial charge < -0.3 is 0 Å². The first-order chi connectivity index (χ1) is 15.6. The van der Waals surface area contributed by atoms with Crippen molar-refractivity contribution in [3.05, 3.63) is 59.5 Å². The highest BCUT2D eigenvalue weighted by Crippen LogP contribution is 2.28. The van der Waals surface area contributed by atoms with Crippen molar-refractivity contribution in [2.45, 2.75) is 12.8 Å². The largest absolute Gasteiger partial charge is 0.298 e.